The Hall–Kier alpha value is -1.16. The summed E-state index contributed by atoms with van der Waals surface area (Å²) in [5.74, 6) is 2.67. The maximum Gasteiger partial charge on any atom is 0.138 e. The maximum atomic E-state index is 4.85. The van der Waals surface area contributed by atoms with Crippen LogP contribution in [0, 0.1) is 13.8 Å². The molecule has 1 fully saturated rings. The highest BCUT2D eigenvalue weighted by molar-refractivity contribution is 7.18. The topological polar surface area (TPSA) is 37.8 Å². The molecular weight excluding hydrogens is 254 g/mol. The lowest BCUT2D eigenvalue weighted by atomic mass is 10.1. The van der Waals surface area contributed by atoms with E-state index in [1.165, 1.54) is 41.5 Å². The summed E-state index contributed by atoms with van der Waals surface area (Å²) in [6.45, 7) is 7.38. The molecule has 0 spiro atoms. The highest BCUT2D eigenvalue weighted by Gasteiger charge is 2.22. The van der Waals surface area contributed by atoms with Crippen LogP contribution in [-0.2, 0) is 0 Å². The highest BCUT2D eigenvalue weighted by atomic mass is 32.1. The van der Waals surface area contributed by atoms with Gasteiger partial charge in [-0.2, -0.15) is 0 Å². The summed E-state index contributed by atoms with van der Waals surface area (Å²) in [5.41, 5.74) is 1.33. The lowest BCUT2D eigenvalue weighted by Crippen LogP contribution is -2.06. The molecular formula is C15H21N3S. The number of aryl methyl sites for hydroxylation is 2. The quantitative estimate of drug-likeness (QED) is 0.902. The van der Waals surface area contributed by atoms with Crippen LogP contribution in [0.15, 0.2) is 0 Å². The van der Waals surface area contributed by atoms with E-state index in [0.29, 0.717) is 5.92 Å². The molecule has 4 heteroatoms. The molecule has 1 aliphatic rings. The third-order valence-electron chi connectivity index (χ3n) is 4.11. The van der Waals surface area contributed by atoms with Gasteiger partial charge in [-0.05, 0) is 39.2 Å². The van der Waals surface area contributed by atoms with Gasteiger partial charge in [0.15, 0.2) is 0 Å². The Bertz CT molecular complexity index is 597. The first-order valence-corrected chi connectivity index (χ1v) is 8.04. The first-order chi connectivity index (χ1) is 9.20. The summed E-state index contributed by atoms with van der Waals surface area (Å²) in [4.78, 5) is 12.2. The first kappa shape index (κ1) is 12.9. The largest absolute Gasteiger partial charge is 0.370 e. The van der Waals surface area contributed by atoms with Crippen molar-refractivity contribution in [3.8, 4) is 0 Å². The number of nitrogens with zero attached hydrogens (tertiary/aromatic N) is 2. The van der Waals surface area contributed by atoms with Crippen molar-refractivity contribution in [2.24, 2.45) is 0 Å². The molecule has 19 heavy (non-hydrogen) atoms. The molecule has 0 radical (unpaired) electrons. The van der Waals surface area contributed by atoms with Gasteiger partial charge in [0.25, 0.3) is 0 Å². The van der Waals surface area contributed by atoms with Crippen molar-refractivity contribution >= 4 is 27.4 Å². The molecule has 0 amide bonds. The highest BCUT2D eigenvalue weighted by Crippen LogP contribution is 2.37. The van der Waals surface area contributed by atoms with Gasteiger partial charge in [-0.1, -0.05) is 12.8 Å². The lowest BCUT2D eigenvalue weighted by Gasteiger charge is -2.11. The minimum atomic E-state index is 0.574. The van der Waals surface area contributed by atoms with Crippen LogP contribution in [0.1, 0.15) is 54.8 Å². The average molecular weight is 275 g/mol. The zero-order valence-electron chi connectivity index (χ0n) is 11.9. The Morgan fingerprint density at radius 3 is 2.63 bits per heavy atom. The second-order valence-electron chi connectivity index (χ2n) is 5.41. The number of hydrogen-bond donors (Lipinski definition) is 1. The number of fused-ring (bicyclic) bond motifs is 1. The Morgan fingerprint density at radius 1 is 1.21 bits per heavy atom. The second kappa shape index (κ2) is 5.08. The number of hydrogen-bond acceptors (Lipinski definition) is 4. The van der Waals surface area contributed by atoms with Crippen molar-refractivity contribution in [2.75, 3.05) is 11.9 Å². The summed E-state index contributed by atoms with van der Waals surface area (Å²) in [5, 5.41) is 4.65. The van der Waals surface area contributed by atoms with Crippen LogP contribution in [-0.4, -0.2) is 16.5 Å². The van der Waals surface area contributed by atoms with Crippen LogP contribution in [0.2, 0.25) is 0 Å². The molecule has 1 aliphatic carbocycles. The predicted molar refractivity (Wildman–Crippen MR) is 82.3 cm³/mol. The molecule has 102 valence electrons. The number of thiophene rings is 1. The minimum absolute atomic E-state index is 0.574. The van der Waals surface area contributed by atoms with E-state index in [1.54, 1.807) is 11.3 Å². The normalized spacial score (nSPS) is 16.4. The molecule has 1 saturated carbocycles. The van der Waals surface area contributed by atoms with Crippen molar-refractivity contribution in [1.29, 1.82) is 0 Å². The number of rotatable bonds is 3. The summed E-state index contributed by atoms with van der Waals surface area (Å²) in [6.07, 6.45) is 5.15. The molecule has 2 aromatic rings. The first-order valence-electron chi connectivity index (χ1n) is 7.22. The Kier molecular flexibility index (Phi) is 3.44. The molecule has 1 N–H and O–H groups in total. The van der Waals surface area contributed by atoms with Crippen molar-refractivity contribution in [2.45, 2.75) is 52.4 Å². The molecule has 3 nitrogen and oxygen atoms in total. The van der Waals surface area contributed by atoms with Crippen LogP contribution in [0.5, 0.6) is 0 Å². The fraction of sp³-hybridized carbons (Fsp3) is 0.600. The lowest BCUT2D eigenvalue weighted by molar-refractivity contribution is 0.673. The number of aromatic nitrogens is 2. The predicted octanol–water partition coefficient (Wildman–Crippen LogP) is 4.40. The van der Waals surface area contributed by atoms with Gasteiger partial charge in [-0.3, -0.25) is 0 Å². The van der Waals surface area contributed by atoms with Crippen molar-refractivity contribution in [1.82, 2.24) is 9.97 Å². The number of anilines is 1. The van der Waals surface area contributed by atoms with Crippen LogP contribution >= 0.6 is 11.3 Å². The van der Waals surface area contributed by atoms with Gasteiger partial charge in [0, 0.05) is 17.3 Å². The average Bonchev–Trinajstić information content (AvgIpc) is 2.99. The van der Waals surface area contributed by atoms with E-state index in [2.05, 4.69) is 26.1 Å². The summed E-state index contributed by atoms with van der Waals surface area (Å²) in [7, 11) is 0. The fourth-order valence-corrected chi connectivity index (χ4v) is 3.96. The zero-order chi connectivity index (χ0) is 13.4. The summed E-state index contributed by atoms with van der Waals surface area (Å²) >= 11 is 1.80. The van der Waals surface area contributed by atoms with Crippen molar-refractivity contribution in [3.63, 3.8) is 0 Å². The van der Waals surface area contributed by atoms with Gasteiger partial charge in [0.05, 0.1) is 5.39 Å². The maximum absolute atomic E-state index is 4.85. The third kappa shape index (κ3) is 2.22. The Balaban J connectivity index is 2.15. The molecule has 0 bridgehead atoms. The summed E-state index contributed by atoms with van der Waals surface area (Å²) < 4.78 is 0. The standard InChI is InChI=1S/C15H21N3S/c1-4-16-14-12-9(2)10(3)19-15(12)18-13(17-14)11-7-5-6-8-11/h11H,4-8H2,1-3H3,(H,16,17,18). The molecule has 3 rings (SSSR count). The smallest absolute Gasteiger partial charge is 0.138 e. The van der Waals surface area contributed by atoms with Crippen molar-refractivity contribution < 1.29 is 0 Å². The zero-order valence-corrected chi connectivity index (χ0v) is 12.7. The molecule has 0 atom stereocenters. The fourth-order valence-electron chi connectivity index (χ4n) is 2.93. The summed E-state index contributed by atoms with van der Waals surface area (Å²) in [6, 6.07) is 0. The van der Waals surface area contributed by atoms with Gasteiger partial charge in [0.1, 0.15) is 16.5 Å². The van der Waals surface area contributed by atoms with E-state index in [-0.39, 0.29) is 0 Å². The van der Waals surface area contributed by atoms with E-state index in [0.717, 1.165) is 23.0 Å². The van der Waals surface area contributed by atoms with E-state index in [1.807, 2.05) is 0 Å². The van der Waals surface area contributed by atoms with Crippen LogP contribution in [0.3, 0.4) is 0 Å². The van der Waals surface area contributed by atoms with Gasteiger partial charge >= 0.3 is 0 Å². The molecule has 0 unspecified atom stereocenters. The van der Waals surface area contributed by atoms with E-state index in [4.69, 9.17) is 9.97 Å². The number of nitrogens with one attached hydrogen (secondary N) is 1. The van der Waals surface area contributed by atoms with Crippen LogP contribution in [0.25, 0.3) is 10.2 Å². The van der Waals surface area contributed by atoms with Crippen molar-refractivity contribution in [3.05, 3.63) is 16.3 Å². The van der Waals surface area contributed by atoms with Crippen LogP contribution < -0.4 is 5.32 Å². The van der Waals surface area contributed by atoms with Gasteiger partial charge < -0.3 is 5.32 Å². The SMILES string of the molecule is CCNc1nc(C2CCCC2)nc2sc(C)c(C)c12. The Labute approximate surface area is 118 Å². The third-order valence-corrected chi connectivity index (χ3v) is 5.21. The molecule has 0 aliphatic heterocycles. The second-order valence-corrected chi connectivity index (χ2v) is 6.61. The van der Waals surface area contributed by atoms with Crippen LogP contribution in [0.4, 0.5) is 5.82 Å². The Morgan fingerprint density at radius 2 is 1.95 bits per heavy atom. The minimum Gasteiger partial charge on any atom is -0.370 e. The van der Waals surface area contributed by atoms with Gasteiger partial charge in [-0.25, -0.2) is 9.97 Å². The molecule has 0 aromatic carbocycles. The monoisotopic (exact) mass is 275 g/mol. The van der Waals surface area contributed by atoms with Gasteiger partial charge in [-0.15, -0.1) is 11.3 Å². The van der Waals surface area contributed by atoms with E-state index < -0.39 is 0 Å². The van der Waals surface area contributed by atoms with E-state index in [9.17, 15) is 0 Å². The van der Waals surface area contributed by atoms with E-state index >= 15 is 0 Å². The molecule has 2 aromatic heterocycles. The molecule has 2 heterocycles. The van der Waals surface area contributed by atoms with Gasteiger partial charge in [0.2, 0.25) is 0 Å². The molecule has 0 saturated heterocycles.